The molecule has 0 bridgehead atoms. The largest absolute Gasteiger partial charge is 0.349 e. The van der Waals surface area contributed by atoms with Crippen LogP contribution in [-0.4, -0.2) is 42.0 Å². The average molecular weight is 438 g/mol. The van der Waals surface area contributed by atoms with Gasteiger partial charge in [0, 0.05) is 19.3 Å². The van der Waals surface area contributed by atoms with Gasteiger partial charge in [-0.1, -0.05) is 23.9 Å². The SMILES string of the molecule is C[C@H](Sc1ccc(S(=O)(=O)N2CCCC2)cn1)C(=O)N[C@H](C)c1ccc(F)cc1. The number of thioether (sulfide) groups is 1. The first-order valence-electron chi connectivity index (χ1n) is 9.46. The zero-order chi connectivity index (χ0) is 21.0. The summed E-state index contributed by atoms with van der Waals surface area (Å²) in [7, 11) is -3.49. The van der Waals surface area contributed by atoms with Gasteiger partial charge in [-0.2, -0.15) is 4.31 Å². The van der Waals surface area contributed by atoms with E-state index in [1.54, 1.807) is 25.1 Å². The number of sulfonamides is 1. The van der Waals surface area contributed by atoms with Crippen LogP contribution in [0.5, 0.6) is 0 Å². The lowest BCUT2D eigenvalue weighted by Gasteiger charge is -2.18. The molecule has 0 saturated carbocycles. The van der Waals surface area contributed by atoms with E-state index in [-0.39, 0.29) is 22.7 Å². The Balaban J connectivity index is 1.59. The van der Waals surface area contributed by atoms with Crippen molar-refractivity contribution in [3.8, 4) is 0 Å². The summed E-state index contributed by atoms with van der Waals surface area (Å²) in [5.41, 5.74) is 0.812. The van der Waals surface area contributed by atoms with Gasteiger partial charge in [-0.15, -0.1) is 0 Å². The third-order valence-corrected chi connectivity index (χ3v) is 7.74. The molecule has 0 radical (unpaired) electrons. The third kappa shape index (κ3) is 5.34. The molecule has 1 amide bonds. The van der Waals surface area contributed by atoms with Gasteiger partial charge in [0.2, 0.25) is 15.9 Å². The summed E-state index contributed by atoms with van der Waals surface area (Å²) < 4.78 is 39.6. The topological polar surface area (TPSA) is 79.4 Å². The molecule has 1 N–H and O–H groups in total. The van der Waals surface area contributed by atoms with E-state index in [1.165, 1.54) is 40.5 Å². The van der Waals surface area contributed by atoms with Crippen LogP contribution in [-0.2, 0) is 14.8 Å². The van der Waals surface area contributed by atoms with Crippen molar-refractivity contribution >= 4 is 27.7 Å². The number of carbonyl (C=O) groups excluding carboxylic acids is 1. The lowest BCUT2D eigenvalue weighted by molar-refractivity contribution is -0.120. The van der Waals surface area contributed by atoms with Gasteiger partial charge in [0.05, 0.1) is 16.3 Å². The minimum atomic E-state index is -3.49. The monoisotopic (exact) mass is 437 g/mol. The van der Waals surface area contributed by atoms with Crippen LogP contribution in [0.1, 0.15) is 38.3 Å². The zero-order valence-electron chi connectivity index (χ0n) is 16.3. The lowest BCUT2D eigenvalue weighted by Crippen LogP contribution is -2.33. The normalized spacial score (nSPS) is 17.1. The van der Waals surface area contributed by atoms with E-state index in [2.05, 4.69) is 10.3 Å². The van der Waals surface area contributed by atoms with Crippen LogP contribution in [0.2, 0.25) is 0 Å². The zero-order valence-corrected chi connectivity index (χ0v) is 18.0. The lowest BCUT2D eigenvalue weighted by atomic mass is 10.1. The number of amides is 1. The Morgan fingerprint density at radius 3 is 2.38 bits per heavy atom. The summed E-state index contributed by atoms with van der Waals surface area (Å²) in [6.07, 6.45) is 3.11. The molecule has 0 aliphatic carbocycles. The molecule has 0 unspecified atom stereocenters. The number of nitrogens with zero attached hydrogens (tertiary/aromatic N) is 2. The minimum Gasteiger partial charge on any atom is -0.349 e. The molecule has 2 heterocycles. The maximum Gasteiger partial charge on any atom is 0.244 e. The van der Waals surface area contributed by atoms with Gasteiger partial charge in [0.1, 0.15) is 10.7 Å². The molecule has 6 nitrogen and oxygen atoms in total. The number of nitrogens with one attached hydrogen (secondary N) is 1. The summed E-state index contributed by atoms with van der Waals surface area (Å²) in [6.45, 7) is 4.68. The van der Waals surface area contributed by atoms with E-state index < -0.39 is 15.3 Å². The van der Waals surface area contributed by atoms with Crippen molar-refractivity contribution < 1.29 is 17.6 Å². The second-order valence-electron chi connectivity index (χ2n) is 6.99. The molecule has 1 aliphatic rings. The smallest absolute Gasteiger partial charge is 0.244 e. The predicted molar refractivity (Wildman–Crippen MR) is 111 cm³/mol. The van der Waals surface area contributed by atoms with Crippen LogP contribution in [0.25, 0.3) is 0 Å². The Kier molecular flexibility index (Phi) is 6.92. The second-order valence-corrected chi connectivity index (χ2v) is 10.3. The first-order chi connectivity index (χ1) is 13.8. The van der Waals surface area contributed by atoms with Gasteiger partial charge in [-0.3, -0.25) is 4.79 Å². The number of rotatable bonds is 7. The molecule has 3 rings (SSSR count). The van der Waals surface area contributed by atoms with Gasteiger partial charge >= 0.3 is 0 Å². The highest BCUT2D eigenvalue weighted by Crippen LogP contribution is 2.25. The van der Waals surface area contributed by atoms with Crippen LogP contribution in [0.15, 0.2) is 52.5 Å². The Morgan fingerprint density at radius 1 is 1.14 bits per heavy atom. The third-order valence-electron chi connectivity index (χ3n) is 4.81. The quantitative estimate of drug-likeness (QED) is 0.672. The fourth-order valence-corrected chi connectivity index (χ4v) is 5.33. The molecule has 29 heavy (non-hydrogen) atoms. The number of hydrogen-bond acceptors (Lipinski definition) is 5. The average Bonchev–Trinajstić information content (AvgIpc) is 3.24. The molecule has 1 aromatic heterocycles. The number of halogens is 1. The fourth-order valence-electron chi connectivity index (χ4n) is 3.07. The van der Waals surface area contributed by atoms with E-state index in [4.69, 9.17) is 0 Å². The maximum atomic E-state index is 13.0. The molecule has 1 aliphatic heterocycles. The summed E-state index contributed by atoms with van der Waals surface area (Å²) in [4.78, 5) is 16.9. The van der Waals surface area contributed by atoms with Crippen molar-refractivity contribution in [1.82, 2.24) is 14.6 Å². The molecule has 1 fully saturated rings. The van der Waals surface area contributed by atoms with Gasteiger partial charge in [0.15, 0.2) is 0 Å². The first-order valence-corrected chi connectivity index (χ1v) is 11.8. The Labute approximate surface area is 175 Å². The Bertz CT molecular complexity index is 944. The molecule has 1 saturated heterocycles. The number of pyridine rings is 1. The highest BCUT2D eigenvalue weighted by molar-refractivity contribution is 8.00. The number of carbonyl (C=O) groups is 1. The summed E-state index contributed by atoms with van der Waals surface area (Å²) >= 11 is 1.25. The van der Waals surface area contributed by atoms with Crippen LogP contribution < -0.4 is 5.32 Å². The fraction of sp³-hybridized carbons (Fsp3) is 0.400. The van der Waals surface area contributed by atoms with E-state index in [0.717, 1.165) is 18.4 Å². The maximum absolute atomic E-state index is 13.0. The second kappa shape index (κ2) is 9.23. The summed E-state index contributed by atoms with van der Waals surface area (Å²) in [5.74, 6) is -0.500. The van der Waals surface area contributed by atoms with Crippen LogP contribution in [0.4, 0.5) is 4.39 Å². The van der Waals surface area contributed by atoms with Gasteiger partial charge in [-0.25, -0.2) is 17.8 Å². The molecule has 1 aromatic carbocycles. The van der Waals surface area contributed by atoms with E-state index in [0.29, 0.717) is 18.1 Å². The van der Waals surface area contributed by atoms with Gasteiger partial charge < -0.3 is 5.32 Å². The standard InChI is InChI=1S/C20H24FN3O3S2/c1-14(16-5-7-17(21)8-6-16)23-20(25)15(2)28-19-10-9-18(13-22-19)29(26,27)24-11-3-4-12-24/h5-10,13-15H,3-4,11-12H2,1-2H3,(H,23,25)/t14-,15+/m1/s1. The highest BCUT2D eigenvalue weighted by atomic mass is 32.2. The van der Waals surface area contributed by atoms with Crippen LogP contribution >= 0.6 is 11.8 Å². The number of hydrogen-bond donors (Lipinski definition) is 1. The Hall–Kier alpha value is -1.97. The van der Waals surface area contributed by atoms with Crippen molar-refractivity contribution in [3.63, 3.8) is 0 Å². The highest BCUT2D eigenvalue weighted by Gasteiger charge is 2.27. The molecular weight excluding hydrogens is 413 g/mol. The molecule has 2 aromatic rings. The van der Waals surface area contributed by atoms with Crippen molar-refractivity contribution in [2.75, 3.05) is 13.1 Å². The molecule has 156 valence electrons. The number of aromatic nitrogens is 1. The van der Waals surface area contributed by atoms with E-state index in [1.807, 2.05) is 6.92 Å². The van der Waals surface area contributed by atoms with Gasteiger partial charge in [-0.05, 0) is 56.5 Å². The molecule has 0 spiro atoms. The molecule has 2 atom stereocenters. The Morgan fingerprint density at radius 2 is 1.79 bits per heavy atom. The van der Waals surface area contributed by atoms with Crippen molar-refractivity contribution in [2.45, 2.75) is 47.9 Å². The van der Waals surface area contributed by atoms with Crippen LogP contribution in [0, 0.1) is 5.82 Å². The van der Waals surface area contributed by atoms with E-state index >= 15 is 0 Å². The van der Waals surface area contributed by atoms with E-state index in [9.17, 15) is 17.6 Å². The van der Waals surface area contributed by atoms with Crippen molar-refractivity contribution in [2.24, 2.45) is 0 Å². The first kappa shape index (κ1) is 21.7. The van der Waals surface area contributed by atoms with Crippen LogP contribution in [0.3, 0.4) is 0 Å². The minimum absolute atomic E-state index is 0.172. The number of benzene rings is 1. The summed E-state index contributed by atoms with van der Waals surface area (Å²) in [5, 5.41) is 3.04. The van der Waals surface area contributed by atoms with Crippen molar-refractivity contribution in [1.29, 1.82) is 0 Å². The molecule has 9 heteroatoms. The predicted octanol–water partition coefficient (Wildman–Crippen LogP) is 3.36. The van der Waals surface area contributed by atoms with Gasteiger partial charge in [0.25, 0.3) is 0 Å². The molecular formula is C20H24FN3O3S2. The summed E-state index contributed by atoms with van der Waals surface area (Å²) in [6, 6.07) is 8.90. The van der Waals surface area contributed by atoms with Crippen molar-refractivity contribution in [3.05, 3.63) is 54.0 Å².